The van der Waals surface area contributed by atoms with Crippen LogP contribution in [-0.2, 0) is 0 Å². The van der Waals surface area contributed by atoms with Gasteiger partial charge in [-0.25, -0.2) is 9.97 Å². The van der Waals surface area contributed by atoms with Crippen LogP contribution in [0.15, 0.2) is 79.0 Å². The average Bonchev–Trinajstić information content (AvgIpc) is 2.94. The number of aromatic nitrogens is 3. The topological polar surface area (TPSA) is 42.7 Å². The van der Waals surface area contributed by atoms with Crippen LogP contribution in [-0.4, -0.2) is 14.5 Å². The summed E-state index contributed by atoms with van der Waals surface area (Å²) in [7, 11) is 0. The molecule has 4 aromatic rings. The minimum Gasteiger partial charge on any atom is -0.325 e. The Morgan fingerprint density at radius 2 is 1.50 bits per heavy atom. The van der Waals surface area contributed by atoms with Crippen molar-refractivity contribution in [2.45, 2.75) is 0 Å². The lowest BCUT2D eigenvalue weighted by Crippen LogP contribution is -2.02. The van der Waals surface area contributed by atoms with Crippen molar-refractivity contribution in [2.75, 3.05) is 5.32 Å². The second-order valence-electron chi connectivity index (χ2n) is 4.94. The van der Waals surface area contributed by atoms with Crippen molar-refractivity contribution in [3.05, 3.63) is 79.0 Å². The molecule has 0 aliphatic rings. The first-order valence-electron chi connectivity index (χ1n) is 7.13. The Hall–Kier alpha value is -3.14. The number of nitrogens with zero attached hydrogens (tertiary/aromatic N) is 3. The fraction of sp³-hybridized carbons (Fsp3) is 0. The molecule has 4 nitrogen and oxygen atoms in total. The van der Waals surface area contributed by atoms with Crippen molar-refractivity contribution >= 4 is 22.8 Å². The van der Waals surface area contributed by atoms with Crippen LogP contribution in [0.3, 0.4) is 0 Å². The number of nitrogens with one attached hydrogen (secondary N) is 1. The highest BCUT2D eigenvalue weighted by Gasteiger charge is 2.13. The first-order chi connectivity index (χ1) is 10.9. The van der Waals surface area contributed by atoms with E-state index in [0.29, 0.717) is 0 Å². The maximum atomic E-state index is 4.67. The average molecular weight is 286 g/mol. The van der Waals surface area contributed by atoms with Crippen LogP contribution in [0, 0.1) is 0 Å². The zero-order valence-corrected chi connectivity index (χ0v) is 11.8. The lowest BCUT2D eigenvalue weighted by molar-refractivity contribution is 1.07. The standard InChI is InChI=1S/C18H14N4/c1-3-8-14(9-4-1)20-18-21-16-12-7-13-19-17(16)22(18)15-10-5-2-6-11-15/h1-13H,(H,20,21). The molecule has 106 valence electrons. The normalized spacial score (nSPS) is 10.7. The molecular weight excluding hydrogens is 272 g/mol. The Balaban J connectivity index is 1.90. The molecule has 0 fully saturated rings. The van der Waals surface area contributed by atoms with E-state index in [1.165, 1.54) is 0 Å². The summed E-state index contributed by atoms with van der Waals surface area (Å²) in [4.78, 5) is 9.15. The first kappa shape index (κ1) is 12.6. The van der Waals surface area contributed by atoms with Gasteiger partial charge in [0, 0.05) is 11.9 Å². The number of para-hydroxylation sites is 2. The monoisotopic (exact) mass is 286 g/mol. The van der Waals surface area contributed by atoms with E-state index >= 15 is 0 Å². The molecule has 2 aromatic heterocycles. The minimum absolute atomic E-state index is 0.756. The van der Waals surface area contributed by atoms with Gasteiger partial charge in [0.05, 0.1) is 5.69 Å². The number of benzene rings is 2. The Labute approximate surface area is 128 Å². The van der Waals surface area contributed by atoms with E-state index in [2.05, 4.69) is 15.3 Å². The third kappa shape index (κ3) is 2.20. The molecule has 0 aliphatic heterocycles. The van der Waals surface area contributed by atoms with E-state index in [1.54, 1.807) is 6.20 Å². The van der Waals surface area contributed by atoms with Gasteiger partial charge in [-0.15, -0.1) is 0 Å². The number of hydrogen-bond donors (Lipinski definition) is 1. The molecule has 0 atom stereocenters. The van der Waals surface area contributed by atoms with Gasteiger partial charge in [-0.1, -0.05) is 36.4 Å². The molecule has 0 saturated carbocycles. The largest absolute Gasteiger partial charge is 0.325 e. The molecule has 2 heterocycles. The zero-order chi connectivity index (χ0) is 14.8. The molecule has 0 aliphatic carbocycles. The first-order valence-corrected chi connectivity index (χ1v) is 7.13. The smallest absolute Gasteiger partial charge is 0.214 e. The lowest BCUT2D eigenvalue weighted by Gasteiger charge is -2.10. The quantitative estimate of drug-likeness (QED) is 0.615. The van der Waals surface area contributed by atoms with Gasteiger partial charge in [0.2, 0.25) is 5.95 Å². The van der Waals surface area contributed by atoms with Crippen molar-refractivity contribution < 1.29 is 0 Å². The van der Waals surface area contributed by atoms with Crippen LogP contribution in [0.1, 0.15) is 0 Å². The van der Waals surface area contributed by atoms with Crippen LogP contribution in [0.5, 0.6) is 0 Å². The molecule has 0 bridgehead atoms. The summed E-state index contributed by atoms with van der Waals surface area (Å²) in [6.07, 6.45) is 1.79. The molecular formula is C18H14N4. The summed E-state index contributed by atoms with van der Waals surface area (Å²) in [5.41, 5.74) is 3.73. The number of pyridine rings is 1. The molecule has 2 aromatic carbocycles. The molecule has 0 saturated heterocycles. The minimum atomic E-state index is 0.756. The fourth-order valence-electron chi connectivity index (χ4n) is 2.47. The predicted octanol–water partition coefficient (Wildman–Crippen LogP) is 4.16. The van der Waals surface area contributed by atoms with Crippen molar-refractivity contribution in [3.63, 3.8) is 0 Å². The summed E-state index contributed by atoms with van der Waals surface area (Å²) >= 11 is 0. The van der Waals surface area contributed by atoms with E-state index in [1.807, 2.05) is 77.4 Å². The lowest BCUT2D eigenvalue weighted by atomic mass is 10.3. The molecule has 0 spiro atoms. The van der Waals surface area contributed by atoms with Gasteiger partial charge in [0.25, 0.3) is 0 Å². The number of imidazole rings is 1. The highest BCUT2D eigenvalue weighted by atomic mass is 15.2. The van der Waals surface area contributed by atoms with Crippen LogP contribution in [0.4, 0.5) is 11.6 Å². The zero-order valence-electron chi connectivity index (χ0n) is 11.8. The van der Waals surface area contributed by atoms with Crippen molar-refractivity contribution in [1.82, 2.24) is 14.5 Å². The Bertz CT molecular complexity index is 898. The highest BCUT2D eigenvalue weighted by molar-refractivity contribution is 5.78. The maximum absolute atomic E-state index is 4.67. The van der Waals surface area contributed by atoms with Gasteiger partial charge in [0.15, 0.2) is 5.65 Å². The Kier molecular flexibility index (Phi) is 3.05. The van der Waals surface area contributed by atoms with Gasteiger partial charge in [0.1, 0.15) is 5.52 Å². The molecule has 0 amide bonds. The summed E-state index contributed by atoms with van der Waals surface area (Å²) in [5.74, 6) is 0.756. The molecule has 22 heavy (non-hydrogen) atoms. The van der Waals surface area contributed by atoms with E-state index in [4.69, 9.17) is 0 Å². The fourth-order valence-corrected chi connectivity index (χ4v) is 2.47. The van der Waals surface area contributed by atoms with Crippen LogP contribution >= 0.6 is 0 Å². The van der Waals surface area contributed by atoms with E-state index in [0.717, 1.165) is 28.5 Å². The van der Waals surface area contributed by atoms with Gasteiger partial charge in [-0.2, -0.15) is 0 Å². The third-order valence-electron chi connectivity index (χ3n) is 3.46. The second-order valence-corrected chi connectivity index (χ2v) is 4.94. The summed E-state index contributed by atoms with van der Waals surface area (Å²) in [6, 6.07) is 24.0. The van der Waals surface area contributed by atoms with Crippen molar-refractivity contribution in [3.8, 4) is 5.69 Å². The van der Waals surface area contributed by atoms with Crippen LogP contribution < -0.4 is 5.32 Å². The molecule has 4 rings (SSSR count). The second kappa shape index (κ2) is 5.33. The van der Waals surface area contributed by atoms with Gasteiger partial charge >= 0.3 is 0 Å². The predicted molar refractivity (Wildman–Crippen MR) is 88.6 cm³/mol. The Morgan fingerprint density at radius 1 is 0.773 bits per heavy atom. The summed E-state index contributed by atoms with van der Waals surface area (Å²) in [6.45, 7) is 0. The highest BCUT2D eigenvalue weighted by Crippen LogP contribution is 2.25. The van der Waals surface area contributed by atoms with Gasteiger partial charge < -0.3 is 5.32 Å². The SMILES string of the molecule is c1ccc(Nc2nc3cccnc3n2-c2ccccc2)cc1. The van der Waals surface area contributed by atoms with E-state index < -0.39 is 0 Å². The van der Waals surface area contributed by atoms with Crippen molar-refractivity contribution in [2.24, 2.45) is 0 Å². The number of anilines is 2. The number of hydrogen-bond acceptors (Lipinski definition) is 3. The number of rotatable bonds is 3. The third-order valence-corrected chi connectivity index (χ3v) is 3.46. The summed E-state index contributed by atoms with van der Waals surface area (Å²) < 4.78 is 2.03. The van der Waals surface area contributed by atoms with E-state index in [9.17, 15) is 0 Å². The maximum Gasteiger partial charge on any atom is 0.214 e. The molecule has 0 unspecified atom stereocenters. The van der Waals surface area contributed by atoms with Gasteiger partial charge in [-0.3, -0.25) is 4.57 Å². The molecule has 1 N–H and O–H groups in total. The number of fused-ring (bicyclic) bond motifs is 1. The summed E-state index contributed by atoms with van der Waals surface area (Å²) in [5, 5.41) is 3.37. The van der Waals surface area contributed by atoms with E-state index in [-0.39, 0.29) is 0 Å². The Morgan fingerprint density at radius 3 is 2.27 bits per heavy atom. The van der Waals surface area contributed by atoms with Crippen LogP contribution in [0.25, 0.3) is 16.9 Å². The van der Waals surface area contributed by atoms with Gasteiger partial charge in [-0.05, 0) is 36.4 Å². The van der Waals surface area contributed by atoms with Crippen LogP contribution in [0.2, 0.25) is 0 Å². The molecule has 4 heteroatoms. The molecule has 0 radical (unpaired) electrons. The van der Waals surface area contributed by atoms with Crippen molar-refractivity contribution in [1.29, 1.82) is 0 Å².